The van der Waals surface area contributed by atoms with Crippen LogP contribution in [0.15, 0.2) is 16.5 Å². The molecule has 0 aliphatic carbocycles. The highest BCUT2D eigenvalue weighted by Gasteiger charge is 2.31. The Kier molecular flexibility index (Phi) is 4.32. The van der Waals surface area contributed by atoms with Crippen LogP contribution in [0.1, 0.15) is 43.7 Å². The lowest BCUT2D eigenvalue weighted by Crippen LogP contribution is -2.44. The third-order valence-electron chi connectivity index (χ3n) is 3.58. The number of rotatable bonds is 4. The van der Waals surface area contributed by atoms with Crippen molar-refractivity contribution in [3.63, 3.8) is 0 Å². The number of hydrogen-bond donors (Lipinski definition) is 2. The molecule has 1 saturated heterocycles. The maximum atomic E-state index is 12.2. The van der Waals surface area contributed by atoms with Crippen molar-refractivity contribution in [3.8, 4) is 0 Å². The number of hydrogen-bond acceptors (Lipinski definition) is 3. The van der Waals surface area contributed by atoms with E-state index in [9.17, 15) is 9.59 Å². The molecule has 1 aliphatic heterocycles. The van der Waals surface area contributed by atoms with E-state index in [0.717, 1.165) is 18.6 Å². The number of amides is 2. The zero-order valence-electron chi connectivity index (χ0n) is 11.8. The van der Waals surface area contributed by atoms with E-state index < -0.39 is 5.97 Å². The minimum absolute atomic E-state index is 0.00165. The van der Waals surface area contributed by atoms with Gasteiger partial charge in [0.25, 0.3) is 0 Å². The van der Waals surface area contributed by atoms with Gasteiger partial charge < -0.3 is 19.7 Å². The summed E-state index contributed by atoms with van der Waals surface area (Å²) in [5, 5.41) is 11.7. The summed E-state index contributed by atoms with van der Waals surface area (Å²) in [6, 6.07) is 3.01. The molecule has 1 aromatic heterocycles. The van der Waals surface area contributed by atoms with Crippen LogP contribution in [-0.2, 0) is 4.79 Å². The molecular formula is C14H20N2O4. The fourth-order valence-corrected chi connectivity index (χ4v) is 2.54. The van der Waals surface area contributed by atoms with Crippen molar-refractivity contribution >= 4 is 12.0 Å². The number of nitrogens with zero attached hydrogens (tertiary/aromatic N) is 1. The molecule has 0 aromatic carbocycles. The molecule has 0 bridgehead atoms. The molecule has 0 radical (unpaired) electrons. The molecule has 20 heavy (non-hydrogen) atoms. The molecule has 1 fully saturated rings. The molecule has 2 atom stereocenters. The quantitative estimate of drug-likeness (QED) is 0.886. The predicted octanol–water partition coefficient (Wildman–Crippen LogP) is 2.30. The van der Waals surface area contributed by atoms with E-state index in [1.54, 1.807) is 4.90 Å². The van der Waals surface area contributed by atoms with Gasteiger partial charge in [0.2, 0.25) is 0 Å². The van der Waals surface area contributed by atoms with Crippen molar-refractivity contribution < 1.29 is 19.1 Å². The third kappa shape index (κ3) is 3.31. The second-order valence-corrected chi connectivity index (χ2v) is 5.21. The summed E-state index contributed by atoms with van der Waals surface area (Å²) in [6.07, 6.45) is 1.59. The maximum Gasteiger partial charge on any atom is 0.318 e. The predicted molar refractivity (Wildman–Crippen MR) is 72.4 cm³/mol. The van der Waals surface area contributed by atoms with E-state index in [1.807, 2.05) is 26.0 Å². The van der Waals surface area contributed by atoms with Crippen LogP contribution in [0.5, 0.6) is 0 Å². The second kappa shape index (κ2) is 5.98. The largest absolute Gasteiger partial charge is 0.481 e. The molecule has 2 N–H and O–H groups in total. The van der Waals surface area contributed by atoms with Gasteiger partial charge in [-0.3, -0.25) is 4.79 Å². The molecule has 1 aromatic rings. The van der Waals surface area contributed by atoms with Crippen molar-refractivity contribution in [1.82, 2.24) is 10.2 Å². The molecule has 0 saturated carbocycles. The fraction of sp³-hybridized carbons (Fsp3) is 0.571. The average Bonchev–Trinajstić information content (AvgIpc) is 2.97. The number of nitrogens with one attached hydrogen (secondary N) is 1. The fourth-order valence-electron chi connectivity index (χ4n) is 2.54. The van der Waals surface area contributed by atoms with Gasteiger partial charge >= 0.3 is 12.0 Å². The lowest BCUT2D eigenvalue weighted by atomic mass is 10.1. The minimum Gasteiger partial charge on any atom is -0.481 e. The lowest BCUT2D eigenvalue weighted by molar-refractivity contribution is -0.137. The number of furan rings is 1. The minimum atomic E-state index is -0.871. The summed E-state index contributed by atoms with van der Waals surface area (Å²) in [7, 11) is 0. The van der Waals surface area contributed by atoms with Gasteiger partial charge in [-0.1, -0.05) is 0 Å². The summed E-state index contributed by atoms with van der Waals surface area (Å²) in [5.41, 5.74) is 0. The smallest absolute Gasteiger partial charge is 0.318 e. The van der Waals surface area contributed by atoms with Crippen molar-refractivity contribution in [2.45, 2.75) is 45.2 Å². The van der Waals surface area contributed by atoms with E-state index in [0.29, 0.717) is 12.3 Å². The van der Waals surface area contributed by atoms with E-state index in [4.69, 9.17) is 9.52 Å². The highest BCUT2D eigenvalue weighted by atomic mass is 16.4. The van der Waals surface area contributed by atoms with Gasteiger partial charge in [-0.05, 0) is 38.8 Å². The van der Waals surface area contributed by atoms with Crippen LogP contribution < -0.4 is 5.32 Å². The molecule has 6 nitrogen and oxygen atoms in total. The summed E-state index contributed by atoms with van der Waals surface area (Å²) >= 11 is 0. The number of carboxylic acids is 1. The van der Waals surface area contributed by atoms with Crippen LogP contribution in [0, 0.1) is 6.92 Å². The van der Waals surface area contributed by atoms with Crippen molar-refractivity contribution in [2.24, 2.45) is 0 Å². The highest BCUT2D eigenvalue weighted by molar-refractivity contribution is 5.76. The van der Waals surface area contributed by atoms with Crippen molar-refractivity contribution in [2.75, 3.05) is 6.54 Å². The Balaban J connectivity index is 1.95. The number of likely N-dealkylation sites (tertiary alicyclic amines) is 1. The molecule has 2 rings (SSSR count). The van der Waals surface area contributed by atoms with Crippen LogP contribution >= 0.6 is 0 Å². The van der Waals surface area contributed by atoms with Gasteiger partial charge in [0.15, 0.2) is 0 Å². The normalized spacial score (nSPS) is 19.9. The van der Waals surface area contributed by atoms with Crippen molar-refractivity contribution in [1.29, 1.82) is 0 Å². The summed E-state index contributed by atoms with van der Waals surface area (Å²) in [4.78, 5) is 24.6. The van der Waals surface area contributed by atoms with Crippen molar-refractivity contribution in [3.05, 3.63) is 23.7 Å². The first-order chi connectivity index (χ1) is 9.47. The second-order valence-electron chi connectivity index (χ2n) is 5.21. The molecule has 2 amide bonds. The van der Waals surface area contributed by atoms with Crippen LogP contribution in [0.2, 0.25) is 0 Å². The van der Waals surface area contributed by atoms with Gasteiger partial charge in [-0.25, -0.2) is 4.79 Å². The van der Waals surface area contributed by atoms with Gasteiger partial charge in [-0.15, -0.1) is 0 Å². The Morgan fingerprint density at radius 2 is 2.30 bits per heavy atom. The molecule has 0 spiro atoms. The third-order valence-corrected chi connectivity index (χ3v) is 3.58. The van der Waals surface area contributed by atoms with E-state index in [1.165, 1.54) is 0 Å². The monoisotopic (exact) mass is 280 g/mol. The Bertz CT molecular complexity index is 497. The number of carbonyl (C=O) groups excluding carboxylic acids is 1. The van der Waals surface area contributed by atoms with Crippen LogP contribution in [-0.4, -0.2) is 34.6 Å². The Hall–Kier alpha value is -1.98. The zero-order valence-corrected chi connectivity index (χ0v) is 11.8. The Morgan fingerprint density at radius 1 is 1.55 bits per heavy atom. The van der Waals surface area contributed by atoms with Gasteiger partial charge in [0.05, 0.1) is 12.5 Å². The zero-order chi connectivity index (χ0) is 14.7. The van der Waals surface area contributed by atoms with E-state index >= 15 is 0 Å². The summed E-state index contributed by atoms with van der Waals surface area (Å²) in [6.45, 7) is 4.30. The molecular weight excluding hydrogens is 260 g/mol. The highest BCUT2D eigenvalue weighted by Crippen LogP contribution is 2.22. The molecule has 1 aliphatic rings. The SMILES string of the molecule is Cc1ccc(C(C)NC(=O)N2CCCC2CC(=O)O)o1. The first kappa shape index (κ1) is 14.4. The Labute approximate surface area is 117 Å². The van der Waals surface area contributed by atoms with Gasteiger partial charge in [0.1, 0.15) is 11.5 Å². The lowest BCUT2D eigenvalue weighted by Gasteiger charge is -2.25. The molecule has 2 unspecified atom stereocenters. The Morgan fingerprint density at radius 3 is 2.90 bits per heavy atom. The average molecular weight is 280 g/mol. The van der Waals surface area contributed by atoms with Crippen LogP contribution in [0.3, 0.4) is 0 Å². The maximum absolute atomic E-state index is 12.2. The molecule has 2 heterocycles. The molecule has 6 heteroatoms. The topological polar surface area (TPSA) is 82.8 Å². The molecule has 110 valence electrons. The van der Waals surface area contributed by atoms with E-state index in [-0.39, 0.29) is 24.5 Å². The standard InChI is InChI=1S/C14H20N2O4/c1-9-5-6-12(20-9)10(2)15-14(19)16-7-3-4-11(16)8-13(17)18/h5-6,10-11H,3-4,7-8H2,1-2H3,(H,15,19)(H,17,18). The summed E-state index contributed by atoms with van der Waals surface area (Å²) < 4.78 is 5.47. The first-order valence-corrected chi connectivity index (χ1v) is 6.82. The van der Waals surface area contributed by atoms with Gasteiger partial charge in [0, 0.05) is 12.6 Å². The van der Waals surface area contributed by atoms with E-state index in [2.05, 4.69) is 5.32 Å². The number of urea groups is 1. The van der Waals surface area contributed by atoms with Crippen LogP contribution in [0.25, 0.3) is 0 Å². The number of aryl methyl sites for hydroxylation is 1. The number of aliphatic carboxylic acids is 1. The first-order valence-electron chi connectivity index (χ1n) is 6.82. The summed E-state index contributed by atoms with van der Waals surface area (Å²) in [5.74, 6) is 0.625. The van der Waals surface area contributed by atoms with Gasteiger partial charge in [-0.2, -0.15) is 0 Å². The number of carboxylic acid groups (broad SMARTS) is 1. The van der Waals surface area contributed by atoms with Crippen LogP contribution in [0.4, 0.5) is 4.79 Å². The number of carbonyl (C=O) groups is 2.